The number of hydrogen-bond acceptors (Lipinski definition) is 1. The van der Waals surface area contributed by atoms with Gasteiger partial charge in [0.2, 0.25) is 0 Å². The maximum absolute atomic E-state index is 3.28. The summed E-state index contributed by atoms with van der Waals surface area (Å²) in [6.07, 6.45) is 2.14. The van der Waals surface area contributed by atoms with Gasteiger partial charge in [-0.1, -0.05) is 0 Å². The monoisotopic (exact) mass is 380 g/mol. The molecule has 2 nitrogen and oxygen atoms in total. The second-order valence-corrected chi connectivity index (χ2v) is 4.45. The molecule has 0 amide bonds. The van der Waals surface area contributed by atoms with Crippen LogP contribution in [0.1, 0.15) is 20.8 Å². The van der Waals surface area contributed by atoms with Gasteiger partial charge in [-0.2, -0.15) is 0 Å². The zero-order chi connectivity index (χ0) is 7.78. The minimum Gasteiger partial charge on any atom is -1.00 e. The Kier molecular flexibility index (Phi) is 4.79. The van der Waals surface area contributed by atoms with Gasteiger partial charge >= 0.3 is 0 Å². The Balaban J connectivity index is 0.000001000. The van der Waals surface area contributed by atoms with Crippen LogP contribution >= 0.6 is 22.9 Å². The Morgan fingerprint density at radius 2 is 2.18 bits per heavy atom. The van der Waals surface area contributed by atoms with Crippen molar-refractivity contribution in [2.75, 3.05) is 6.54 Å². The van der Waals surface area contributed by atoms with E-state index in [-0.39, 0.29) is 29.5 Å². The second kappa shape index (κ2) is 4.36. The smallest absolute Gasteiger partial charge is 0.159 e. The predicted molar refractivity (Wildman–Crippen MR) is 51.3 cm³/mol. The van der Waals surface area contributed by atoms with E-state index in [1.165, 1.54) is 0 Å². The largest absolute Gasteiger partial charge is 1.00 e. The number of nitrogens with one attached hydrogen (secondary N) is 1. The number of hydrogen-bond donors (Lipinski definition) is 1. The molecule has 0 aromatic rings. The van der Waals surface area contributed by atoms with Crippen molar-refractivity contribution in [2.45, 2.75) is 32.4 Å². The van der Waals surface area contributed by atoms with Crippen molar-refractivity contribution in [3.8, 4) is 0 Å². The van der Waals surface area contributed by atoms with E-state index < -0.39 is 0 Å². The molecule has 0 radical (unpaired) electrons. The van der Waals surface area contributed by atoms with E-state index in [0.717, 1.165) is 6.54 Å². The van der Waals surface area contributed by atoms with E-state index >= 15 is 0 Å². The fourth-order valence-electron chi connectivity index (χ4n) is 1.17. The highest BCUT2D eigenvalue weighted by Crippen LogP contribution is 2.20. The Bertz CT molecular complexity index is 157. The van der Waals surface area contributed by atoms with E-state index in [1.54, 1.807) is 0 Å². The molecule has 0 saturated heterocycles. The summed E-state index contributed by atoms with van der Waals surface area (Å²) in [6, 6.07) is 0.532. The first-order chi connectivity index (χ1) is 4.54. The van der Waals surface area contributed by atoms with Crippen LogP contribution < -0.4 is 29.0 Å². The predicted octanol–water partition coefficient (Wildman–Crippen LogP) is -3.03. The SMILES string of the molecule is C[C@H]1C=[NH+]CC(C)(C)N1I.[I-]. The molecule has 0 bridgehead atoms. The molecule has 1 N–H and O–H groups in total. The minimum atomic E-state index is 0. The molecule has 0 aromatic carbocycles. The van der Waals surface area contributed by atoms with Crippen LogP contribution in [0.25, 0.3) is 0 Å². The summed E-state index contributed by atoms with van der Waals surface area (Å²) in [7, 11) is 0. The molecule has 1 rings (SSSR count). The number of nitrogens with zero attached hydrogens (tertiary/aromatic N) is 1. The maximum Gasteiger partial charge on any atom is 0.159 e. The Morgan fingerprint density at radius 1 is 1.64 bits per heavy atom. The lowest BCUT2D eigenvalue weighted by atomic mass is 10.0. The third-order valence-electron chi connectivity index (χ3n) is 1.83. The van der Waals surface area contributed by atoms with E-state index in [0.29, 0.717) is 6.04 Å². The van der Waals surface area contributed by atoms with Crippen molar-refractivity contribution in [2.24, 2.45) is 0 Å². The molecule has 1 heterocycles. The minimum absolute atomic E-state index is 0. The normalized spacial score (nSPS) is 29.6. The molecular formula is C7H14I2N2. The van der Waals surface area contributed by atoms with Gasteiger partial charge in [0.05, 0.1) is 11.6 Å². The van der Waals surface area contributed by atoms with E-state index in [9.17, 15) is 0 Å². The highest BCUT2D eigenvalue weighted by molar-refractivity contribution is 14.1. The molecule has 0 spiro atoms. The fourth-order valence-corrected chi connectivity index (χ4v) is 1.50. The molecule has 1 atom stereocenters. The maximum atomic E-state index is 3.28. The number of rotatable bonds is 0. The van der Waals surface area contributed by atoms with Gasteiger partial charge in [0.1, 0.15) is 0 Å². The molecule has 0 unspecified atom stereocenters. The zero-order valence-corrected chi connectivity index (χ0v) is 11.4. The van der Waals surface area contributed by atoms with Crippen LogP contribution in [0.3, 0.4) is 0 Å². The Morgan fingerprint density at radius 3 is 2.55 bits per heavy atom. The van der Waals surface area contributed by atoms with Crippen molar-refractivity contribution in [1.82, 2.24) is 3.11 Å². The molecule has 0 aliphatic carbocycles. The van der Waals surface area contributed by atoms with E-state index in [4.69, 9.17) is 0 Å². The van der Waals surface area contributed by atoms with Crippen LogP contribution in [0.5, 0.6) is 0 Å². The van der Waals surface area contributed by atoms with E-state index in [2.05, 4.69) is 58.0 Å². The first-order valence-electron chi connectivity index (χ1n) is 3.56. The summed E-state index contributed by atoms with van der Waals surface area (Å²) < 4.78 is 2.35. The summed E-state index contributed by atoms with van der Waals surface area (Å²) >= 11 is 2.39. The Hall–Kier alpha value is 1.09. The third kappa shape index (κ3) is 2.80. The molecule has 1 aliphatic heterocycles. The molecule has 66 valence electrons. The van der Waals surface area contributed by atoms with Gasteiger partial charge in [-0.3, -0.25) is 0 Å². The van der Waals surface area contributed by atoms with Crippen molar-refractivity contribution in [3.05, 3.63) is 0 Å². The molecular weight excluding hydrogens is 366 g/mol. The first-order valence-corrected chi connectivity index (χ1v) is 4.52. The molecule has 1 aliphatic rings. The highest BCUT2D eigenvalue weighted by atomic mass is 127. The van der Waals surface area contributed by atoms with Crippen molar-refractivity contribution < 1.29 is 29.0 Å². The summed E-state index contributed by atoms with van der Waals surface area (Å²) in [5, 5.41) is 0. The molecule has 0 aromatic heterocycles. The van der Waals surface area contributed by atoms with Crippen molar-refractivity contribution in [3.63, 3.8) is 0 Å². The standard InChI is InChI=1S/C7H13IN2.HI/c1-6-4-9-5-7(2,3)10(6)8;/h4,6H,5H2,1-3H3;1H/t6-;/m0./s1. The van der Waals surface area contributed by atoms with Gasteiger partial charge in [0, 0.05) is 22.9 Å². The average Bonchev–Trinajstić information content (AvgIpc) is 1.83. The van der Waals surface area contributed by atoms with Crippen LogP contribution in [0, 0.1) is 0 Å². The highest BCUT2D eigenvalue weighted by Gasteiger charge is 2.34. The second-order valence-electron chi connectivity index (χ2n) is 3.41. The van der Waals surface area contributed by atoms with Crippen LogP contribution in [-0.2, 0) is 0 Å². The number of halogens is 2. The lowest BCUT2D eigenvalue weighted by molar-refractivity contribution is -0.475. The van der Waals surface area contributed by atoms with Gasteiger partial charge in [-0.15, -0.1) is 0 Å². The summed E-state index contributed by atoms with van der Waals surface area (Å²) in [6.45, 7) is 7.73. The van der Waals surface area contributed by atoms with E-state index in [1.807, 2.05) is 0 Å². The summed E-state index contributed by atoms with van der Waals surface area (Å²) in [5.41, 5.74) is 0.286. The first kappa shape index (κ1) is 12.1. The lowest BCUT2D eigenvalue weighted by Gasteiger charge is -2.34. The van der Waals surface area contributed by atoms with Crippen molar-refractivity contribution >= 4 is 29.1 Å². The van der Waals surface area contributed by atoms with Crippen LogP contribution in [0.2, 0.25) is 0 Å². The van der Waals surface area contributed by atoms with Crippen LogP contribution in [0.4, 0.5) is 0 Å². The molecule has 0 fully saturated rings. The zero-order valence-electron chi connectivity index (χ0n) is 7.06. The molecule has 11 heavy (non-hydrogen) atoms. The van der Waals surface area contributed by atoms with Crippen LogP contribution in [0.15, 0.2) is 0 Å². The topological polar surface area (TPSA) is 17.2 Å². The van der Waals surface area contributed by atoms with Gasteiger partial charge in [-0.25, -0.2) is 8.11 Å². The van der Waals surface area contributed by atoms with Gasteiger partial charge in [-0.05, 0) is 20.8 Å². The van der Waals surface area contributed by atoms with Gasteiger partial charge < -0.3 is 24.0 Å². The third-order valence-corrected chi connectivity index (χ3v) is 4.01. The van der Waals surface area contributed by atoms with Gasteiger partial charge in [0.25, 0.3) is 0 Å². The lowest BCUT2D eigenvalue weighted by Crippen LogP contribution is -3.00. The molecule has 4 heteroatoms. The Labute approximate surface area is 99.3 Å². The van der Waals surface area contributed by atoms with Crippen LogP contribution in [-0.4, -0.2) is 27.5 Å². The fraction of sp³-hybridized carbons (Fsp3) is 0.857. The van der Waals surface area contributed by atoms with Crippen molar-refractivity contribution in [1.29, 1.82) is 0 Å². The average molecular weight is 380 g/mol. The van der Waals surface area contributed by atoms with Gasteiger partial charge in [0.15, 0.2) is 12.8 Å². The quantitative estimate of drug-likeness (QED) is 0.350. The summed E-state index contributed by atoms with van der Waals surface area (Å²) in [5.74, 6) is 0. The molecule has 0 saturated carbocycles. The summed E-state index contributed by atoms with van der Waals surface area (Å²) in [4.78, 5) is 3.28.